The third-order valence-corrected chi connectivity index (χ3v) is 4.82. The topological polar surface area (TPSA) is 67.9 Å². The average molecular weight is 396 g/mol. The molecule has 0 fully saturated rings. The van der Waals surface area contributed by atoms with Gasteiger partial charge in [0.15, 0.2) is 0 Å². The molecule has 0 radical (unpaired) electrons. The summed E-state index contributed by atoms with van der Waals surface area (Å²) >= 11 is 0. The standard InChI is InChI=1S/C23H28N2O4/c1-15(2)13-25-19-12-17(8-11-20(19)29-14-23(3,4)22(25)27)24-21(26)16-6-9-18(28-5)10-7-16/h6-12,15H,13-14H2,1-5H3,(H,24,26). The van der Waals surface area contributed by atoms with Crippen LogP contribution < -0.4 is 19.7 Å². The van der Waals surface area contributed by atoms with Crippen molar-refractivity contribution in [1.29, 1.82) is 0 Å². The summed E-state index contributed by atoms with van der Waals surface area (Å²) in [7, 11) is 1.58. The van der Waals surface area contributed by atoms with Crippen molar-refractivity contribution in [3.8, 4) is 11.5 Å². The highest BCUT2D eigenvalue weighted by atomic mass is 16.5. The highest BCUT2D eigenvalue weighted by Gasteiger charge is 2.38. The van der Waals surface area contributed by atoms with Crippen LogP contribution >= 0.6 is 0 Å². The second-order valence-corrected chi connectivity index (χ2v) is 8.35. The molecule has 0 spiro atoms. The summed E-state index contributed by atoms with van der Waals surface area (Å²) in [5, 5.41) is 2.90. The maximum Gasteiger partial charge on any atom is 0.255 e. The summed E-state index contributed by atoms with van der Waals surface area (Å²) in [6.45, 7) is 8.81. The van der Waals surface area contributed by atoms with Gasteiger partial charge in [-0.1, -0.05) is 13.8 Å². The zero-order valence-corrected chi connectivity index (χ0v) is 17.6. The molecule has 0 aromatic heterocycles. The van der Waals surface area contributed by atoms with Gasteiger partial charge in [-0.05, 0) is 62.2 Å². The molecule has 29 heavy (non-hydrogen) atoms. The number of amides is 2. The van der Waals surface area contributed by atoms with Crippen molar-refractivity contribution in [3.63, 3.8) is 0 Å². The van der Waals surface area contributed by atoms with Gasteiger partial charge in [0.05, 0.1) is 18.2 Å². The minimum atomic E-state index is -0.625. The fourth-order valence-electron chi connectivity index (χ4n) is 3.21. The van der Waals surface area contributed by atoms with E-state index in [-0.39, 0.29) is 11.8 Å². The molecule has 0 saturated heterocycles. The summed E-state index contributed by atoms with van der Waals surface area (Å²) in [5.41, 5.74) is 1.19. The quantitative estimate of drug-likeness (QED) is 0.816. The number of benzene rings is 2. The van der Waals surface area contributed by atoms with E-state index in [2.05, 4.69) is 19.2 Å². The maximum atomic E-state index is 13.1. The SMILES string of the molecule is COc1ccc(C(=O)Nc2ccc3c(c2)N(CC(C)C)C(=O)C(C)(C)CO3)cc1. The summed E-state index contributed by atoms with van der Waals surface area (Å²) in [4.78, 5) is 27.5. The normalized spacial score (nSPS) is 15.4. The Balaban J connectivity index is 1.90. The number of carbonyl (C=O) groups excluding carboxylic acids is 2. The molecule has 0 atom stereocenters. The molecule has 6 heteroatoms. The average Bonchev–Trinajstić information content (AvgIpc) is 2.78. The molecule has 2 aromatic rings. The highest BCUT2D eigenvalue weighted by Crippen LogP contribution is 2.38. The molecule has 1 aliphatic heterocycles. The molecule has 6 nitrogen and oxygen atoms in total. The van der Waals surface area contributed by atoms with E-state index in [9.17, 15) is 9.59 Å². The third kappa shape index (κ3) is 4.53. The number of hydrogen-bond acceptors (Lipinski definition) is 4. The number of carbonyl (C=O) groups is 2. The summed E-state index contributed by atoms with van der Waals surface area (Å²) in [5.74, 6) is 1.41. The zero-order valence-electron chi connectivity index (χ0n) is 17.6. The van der Waals surface area contributed by atoms with Gasteiger partial charge in [-0.15, -0.1) is 0 Å². The van der Waals surface area contributed by atoms with Crippen LogP contribution in [-0.4, -0.2) is 32.1 Å². The maximum absolute atomic E-state index is 13.1. The molecular weight excluding hydrogens is 368 g/mol. The van der Waals surface area contributed by atoms with Gasteiger partial charge in [0, 0.05) is 17.8 Å². The Morgan fingerprint density at radius 2 is 1.90 bits per heavy atom. The van der Waals surface area contributed by atoms with E-state index in [1.807, 2.05) is 13.8 Å². The Morgan fingerprint density at radius 1 is 1.21 bits per heavy atom. The van der Waals surface area contributed by atoms with Crippen LogP contribution in [0.25, 0.3) is 0 Å². The van der Waals surface area contributed by atoms with Gasteiger partial charge < -0.3 is 19.7 Å². The molecule has 2 aromatic carbocycles. The van der Waals surface area contributed by atoms with Crippen LogP contribution in [-0.2, 0) is 4.79 Å². The van der Waals surface area contributed by atoms with E-state index in [1.54, 1.807) is 54.5 Å². The van der Waals surface area contributed by atoms with Crippen molar-refractivity contribution in [2.75, 3.05) is 30.5 Å². The number of rotatable bonds is 5. The van der Waals surface area contributed by atoms with Crippen LogP contribution in [0.15, 0.2) is 42.5 Å². The fourth-order valence-corrected chi connectivity index (χ4v) is 3.21. The third-order valence-electron chi connectivity index (χ3n) is 4.82. The predicted molar refractivity (Wildman–Crippen MR) is 114 cm³/mol. The monoisotopic (exact) mass is 396 g/mol. The second kappa shape index (κ2) is 8.15. The van der Waals surface area contributed by atoms with Crippen LogP contribution in [0.2, 0.25) is 0 Å². The van der Waals surface area contributed by atoms with Gasteiger partial charge in [-0.3, -0.25) is 9.59 Å². The predicted octanol–water partition coefficient (Wildman–Crippen LogP) is 4.36. The Labute approximate surface area is 171 Å². The minimum Gasteiger partial charge on any atom is -0.497 e. The minimum absolute atomic E-state index is 0.0172. The summed E-state index contributed by atoms with van der Waals surface area (Å²) < 4.78 is 11.1. The van der Waals surface area contributed by atoms with Gasteiger partial charge in [0.25, 0.3) is 5.91 Å². The van der Waals surface area contributed by atoms with Crippen LogP contribution in [0.1, 0.15) is 38.1 Å². The molecule has 0 aliphatic carbocycles. The van der Waals surface area contributed by atoms with E-state index in [1.165, 1.54) is 0 Å². The molecule has 1 aliphatic rings. The van der Waals surface area contributed by atoms with Crippen LogP contribution in [0.3, 0.4) is 0 Å². The molecule has 2 amide bonds. The van der Waals surface area contributed by atoms with E-state index in [0.29, 0.717) is 47.5 Å². The summed E-state index contributed by atoms with van der Waals surface area (Å²) in [6, 6.07) is 12.3. The van der Waals surface area contributed by atoms with E-state index in [0.717, 1.165) is 0 Å². The van der Waals surface area contributed by atoms with Crippen molar-refractivity contribution < 1.29 is 19.1 Å². The van der Waals surface area contributed by atoms with Crippen LogP contribution in [0.5, 0.6) is 11.5 Å². The smallest absolute Gasteiger partial charge is 0.255 e. The van der Waals surface area contributed by atoms with Crippen molar-refractivity contribution in [3.05, 3.63) is 48.0 Å². The van der Waals surface area contributed by atoms with Gasteiger partial charge in [0.1, 0.15) is 18.1 Å². The second-order valence-electron chi connectivity index (χ2n) is 8.35. The first kappa shape index (κ1) is 20.7. The fraction of sp³-hybridized carbons (Fsp3) is 0.391. The lowest BCUT2D eigenvalue weighted by atomic mass is 9.92. The lowest BCUT2D eigenvalue weighted by Crippen LogP contribution is -2.43. The number of ether oxygens (including phenoxy) is 2. The number of fused-ring (bicyclic) bond motifs is 1. The first-order valence-corrected chi connectivity index (χ1v) is 9.75. The van der Waals surface area contributed by atoms with Gasteiger partial charge in [0.2, 0.25) is 5.91 Å². The van der Waals surface area contributed by atoms with Crippen molar-refractivity contribution in [2.45, 2.75) is 27.7 Å². The lowest BCUT2D eigenvalue weighted by molar-refractivity contribution is -0.127. The Morgan fingerprint density at radius 3 is 2.52 bits per heavy atom. The number of anilines is 2. The number of hydrogen-bond donors (Lipinski definition) is 1. The molecular formula is C23H28N2O4. The van der Waals surface area contributed by atoms with E-state index < -0.39 is 5.41 Å². The van der Waals surface area contributed by atoms with Gasteiger partial charge in [-0.25, -0.2) is 0 Å². The molecule has 0 saturated carbocycles. The molecule has 1 heterocycles. The van der Waals surface area contributed by atoms with Gasteiger partial charge >= 0.3 is 0 Å². The molecule has 0 unspecified atom stereocenters. The van der Waals surface area contributed by atoms with Crippen molar-refractivity contribution in [2.24, 2.45) is 11.3 Å². The molecule has 3 rings (SSSR count). The van der Waals surface area contributed by atoms with Gasteiger partial charge in [-0.2, -0.15) is 0 Å². The first-order chi connectivity index (χ1) is 13.7. The highest BCUT2D eigenvalue weighted by molar-refractivity contribution is 6.05. The Hall–Kier alpha value is -3.02. The first-order valence-electron chi connectivity index (χ1n) is 9.75. The Bertz CT molecular complexity index is 904. The van der Waals surface area contributed by atoms with Crippen molar-refractivity contribution in [1.82, 2.24) is 0 Å². The zero-order chi connectivity index (χ0) is 21.2. The van der Waals surface area contributed by atoms with E-state index in [4.69, 9.17) is 9.47 Å². The number of nitrogens with one attached hydrogen (secondary N) is 1. The van der Waals surface area contributed by atoms with Crippen LogP contribution in [0.4, 0.5) is 11.4 Å². The molecule has 154 valence electrons. The number of methoxy groups -OCH3 is 1. The van der Waals surface area contributed by atoms with Crippen LogP contribution in [0, 0.1) is 11.3 Å². The van der Waals surface area contributed by atoms with E-state index >= 15 is 0 Å². The number of nitrogens with zero attached hydrogens (tertiary/aromatic N) is 1. The summed E-state index contributed by atoms with van der Waals surface area (Å²) in [6.07, 6.45) is 0. The molecule has 1 N–H and O–H groups in total. The Kier molecular flexibility index (Phi) is 5.82. The molecule has 0 bridgehead atoms. The lowest BCUT2D eigenvalue weighted by Gasteiger charge is -2.29. The largest absolute Gasteiger partial charge is 0.497 e. The van der Waals surface area contributed by atoms with Crippen molar-refractivity contribution >= 4 is 23.2 Å².